The lowest BCUT2D eigenvalue weighted by Gasteiger charge is -2.25. The highest BCUT2D eigenvalue weighted by atomic mass is 19.2. The summed E-state index contributed by atoms with van der Waals surface area (Å²) in [5, 5.41) is 11.1. The molecule has 8 heteroatoms. The molecule has 3 aromatic rings. The zero-order chi connectivity index (χ0) is 25.8. The first-order valence-corrected chi connectivity index (χ1v) is 11.6. The van der Waals surface area contributed by atoms with Gasteiger partial charge in [-0.05, 0) is 60.5 Å². The number of aliphatic hydroxyl groups excluding tert-OH is 1. The van der Waals surface area contributed by atoms with Crippen LogP contribution in [0.25, 0.3) is 5.76 Å². The van der Waals surface area contributed by atoms with Crippen LogP contribution in [0.4, 0.5) is 18.9 Å². The van der Waals surface area contributed by atoms with Crippen LogP contribution in [0.1, 0.15) is 43.4 Å². The highest BCUT2D eigenvalue weighted by molar-refractivity contribution is 6.51. The fraction of sp³-hybridized carbons (Fsp3) is 0.214. The van der Waals surface area contributed by atoms with Gasteiger partial charge in [0, 0.05) is 17.3 Å². The Balaban J connectivity index is 1.76. The van der Waals surface area contributed by atoms with Gasteiger partial charge in [-0.15, -0.1) is 0 Å². The average Bonchev–Trinajstić information content (AvgIpc) is 3.14. The third-order valence-corrected chi connectivity index (χ3v) is 5.96. The maximum atomic E-state index is 14.0. The van der Waals surface area contributed by atoms with Crippen molar-refractivity contribution in [1.29, 1.82) is 0 Å². The molecule has 0 bridgehead atoms. The molecule has 0 spiro atoms. The largest absolute Gasteiger partial charge is 0.507 e. The number of rotatable bonds is 8. The molecule has 1 unspecified atom stereocenters. The molecule has 1 atom stereocenters. The lowest BCUT2D eigenvalue weighted by atomic mass is 9.95. The highest BCUT2D eigenvalue weighted by Crippen LogP contribution is 2.42. The van der Waals surface area contributed by atoms with Crippen LogP contribution >= 0.6 is 0 Å². The molecule has 3 aromatic carbocycles. The lowest BCUT2D eigenvalue weighted by Crippen LogP contribution is -2.29. The average molecular weight is 495 g/mol. The SMILES string of the molecule is CCCCCOc1ccc(/C(O)=C2\C(=O)C(=O)N(c3ccc(F)c(F)c3)C2c2ccc(F)cc2)cc1. The van der Waals surface area contributed by atoms with Crippen LogP contribution < -0.4 is 9.64 Å². The van der Waals surface area contributed by atoms with Gasteiger partial charge in [-0.2, -0.15) is 0 Å². The third-order valence-electron chi connectivity index (χ3n) is 5.96. The minimum atomic E-state index is -1.21. The monoisotopic (exact) mass is 495 g/mol. The van der Waals surface area contributed by atoms with E-state index in [1.165, 1.54) is 12.1 Å². The van der Waals surface area contributed by atoms with Crippen LogP contribution in [0.3, 0.4) is 0 Å². The maximum absolute atomic E-state index is 14.0. The van der Waals surface area contributed by atoms with E-state index in [-0.39, 0.29) is 16.8 Å². The molecule has 5 nitrogen and oxygen atoms in total. The van der Waals surface area contributed by atoms with Gasteiger partial charge in [-0.25, -0.2) is 13.2 Å². The molecule has 0 aromatic heterocycles. The second-order valence-electron chi connectivity index (χ2n) is 8.40. The molecule has 36 heavy (non-hydrogen) atoms. The van der Waals surface area contributed by atoms with E-state index in [0.29, 0.717) is 17.9 Å². The number of carbonyl (C=O) groups is 2. The molecule has 0 aliphatic carbocycles. The Bertz CT molecular complexity index is 1300. The van der Waals surface area contributed by atoms with E-state index in [4.69, 9.17) is 4.74 Å². The van der Waals surface area contributed by atoms with Crippen LogP contribution in [-0.4, -0.2) is 23.4 Å². The maximum Gasteiger partial charge on any atom is 0.300 e. The molecule has 1 fully saturated rings. The number of ether oxygens (including phenoxy) is 1. The van der Waals surface area contributed by atoms with E-state index in [0.717, 1.165) is 54.5 Å². The molecular weight excluding hydrogens is 471 g/mol. The van der Waals surface area contributed by atoms with E-state index >= 15 is 0 Å². The number of benzene rings is 3. The Hall–Kier alpha value is -4.07. The van der Waals surface area contributed by atoms with Gasteiger partial charge >= 0.3 is 0 Å². The fourth-order valence-electron chi connectivity index (χ4n) is 4.10. The van der Waals surface area contributed by atoms with Crippen LogP contribution in [0, 0.1) is 17.5 Å². The Labute approximate surface area is 206 Å². The number of unbranched alkanes of at least 4 members (excludes halogenated alkanes) is 2. The van der Waals surface area contributed by atoms with E-state index < -0.39 is 40.9 Å². The summed E-state index contributed by atoms with van der Waals surface area (Å²) in [6, 6.07) is 13.0. The summed E-state index contributed by atoms with van der Waals surface area (Å²) < 4.78 is 46.9. The topological polar surface area (TPSA) is 66.8 Å². The quantitative estimate of drug-likeness (QED) is 0.172. The minimum Gasteiger partial charge on any atom is -0.507 e. The standard InChI is InChI=1S/C28H24F3NO4/c1-2-3-4-15-36-21-12-7-18(8-13-21)26(33)24-25(17-5-9-19(29)10-6-17)32(28(35)27(24)34)20-11-14-22(30)23(31)16-20/h5-14,16,25,33H,2-4,15H2,1H3/b26-24+. The number of anilines is 1. The number of halogens is 3. The molecule has 0 saturated carbocycles. The van der Waals surface area contributed by atoms with Gasteiger partial charge in [-0.3, -0.25) is 14.5 Å². The number of aliphatic hydroxyl groups is 1. The number of carbonyl (C=O) groups excluding carboxylic acids is 2. The first-order chi connectivity index (χ1) is 17.3. The van der Waals surface area contributed by atoms with Crippen molar-refractivity contribution >= 4 is 23.1 Å². The summed E-state index contributed by atoms with van der Waals surface area (Å²) in [6.07, 6.45) is 3.01. The second-order valence-corrected chi connectivity index (χ2v) is 8.40. The zero-order valence-corrected chi connectivity index (χ0v) is 19.5. The normalized spacial score (nSPS) is 17.0. The molecule has 1 heterocycles. The first-order valence-electron chi connectivity index (χ1n) is 11.6. The van der Waals surface area contributed by atoms with Gasteiger partial charge in [0.15, 0.2) is 11.6 Å². The van der Waals surface area contributed by atoms with Crippen molar-refractivity contribution in [3.05, 3.63) is 101 Å². The highest BCUT2D eigenvalue weighted by Gasteiger charge is 2.47. The van der Waals surface area contributed by atoms with E-state index in [2.05, 4.69) is 6.92 Å². The Morgan fingerprint density at radius 3 is 2.25 bits per heavy atom. The summed E-state index contributed by atoms with van der Waals surface area (Å²) in [6.45, 7) is 2.64. The molecular formula is C28H24F3NO4. The van der Waals surface area contributed by atoms with Gasteiger partial charge in [0.2, 0.25) is 0 Å². The molecule has 186 valence electrons. The van der Waals surface area contributed by atoms with Crippen LogP contribution in [0.2, 0.25) is 0 Å². The predicted molar refractivity (Wildman–Crippen MR) is 129 cm³/mol. The summed E-state index contributed by atoms with van der Waals surface area (Å²) in [5.41, 5.74) is 0.220. The van der Waals surface area contributed by atoms with Crippen molar-refractivity contribution in [2.45, 2.75) is 32.2 Å². The smallest absolute Gasteiger partial charge is 0.300 e. The molecule has 1 aliphatic heterocycles. The summed E-state index contributed by atoms with van der Waals surface area (Å²) in [7, 11) is 0. The fourth-order valence-corrected chi connectivity index (χ4v) is 4.10. The number of amides is 1. The molecule has 1 saturated heterocycles. The van der Waals surface area contributed by atoms with Gasteiger partial charge in [0.1, 0.15) is 17.3 Å². The van der Waals surface area contributed by atoms with Crippen molar-refractivity contribution in [3.63, 3.8) is 0 Å². The van der Waals surface area contributed by atoms with Gasteiger partial charge in [0.25, 0.3) is 11.7 Å². The van der Waals surface area contributed by atoms with Crippen molar-refractivity contribution < 1.29 is 32.6 Å². The summed E-state index contributed by atoms with van der Waals surface area (Å²) in [4.78, 5) is 27.1. The molecule has 1 amide bonds. The number of hydrogen-bond acceptors (Lipinski definition) is 4. The van der Waals surface area contributed by atoms with Crippen LogP contribution in [0.5, 0.6) is 5.75 Å². The summed E-state index contributed by atoms with van der Waals surface area (Å²) in [5.74, 6) is -4.78. The number of nitrogens with zero attached hydrogens (tertiary/aromatic N) is 1. The van der Waals surface area contributed by atoms with Crippen molar-refractivity contribution in [2.75, 3.05) is 11.5 Å². The van der Waals surface area contributed by atoms with Crippen LogP contribution in [-0.2, 0) is 9.59 Å². The van der Waals surface area contributed by atoms with E-state index in [1.807, 2.05) is 0 Å². The molecule has 1 N–H and O–H groups in total. The molecule has 0 radical (unpaired) electrons. The van der Waals surface area contributed by atoms with Crippen molar-refractivity contribution in [2.24, 2.45) is 0 Å². The van der Waals surface area contributed by atoms with Crippen molar-refractivity contribution in [1.82, 2.24) is 0 Å². The van der Waals surface area contributed by atoms with Gasteiger partial charge in [0.05, 0.1) is 18.2 Å². The zero-order valence-electron chi connectivity index (χ0n) is 19.5. The lowest BCUT2D eigenvalue weighted by molar-refractivity contribution is -0.132. The summed E-state index contributed by atoms with van der Waals surface area (Å²) >= 11 is 0. The Kier molecular flexibility index (Phi) is 7.43. The predicted octanol–water partition coefficient (Wildman–Crippen LogP) is 6.30. The Morgan fingerprint density at radius 1 is 0.917 bits per heavy atom. The van der Waals surface area contributed by atoms with Gasteiger partial charge < -0.3 is 9.84 Å². The number of ketones is 1. The third kappa shape index (κ3) is 4.98. The minimum absolute atomic E-state index is 0.0831. The van der Waals surface area contributed by atoms with E-state index in [9.17, 15) is 27.9 Å². The second kappa shape index (κ2) is 10.7. The first kappa shape index (κ1) is 25.0. The Morgan fingerprint density at radius 2 is 1.61 bits per heavy atom. The van der Waals surface area contributed by atoms with Crippen LogP contribution in [0.15, 0.2) is 72.3 Å². The van der Waals surface area contributed by atoms with E-state index in [1.54, 1.807) is 24.3 Å². The number of hydrogen-bond donors (Lipinski definition) is 1. The number of Topliss-reactive ketones (excluding diaryl/α,β-unsaturated/α-hetero) is 1. The molecule has 1 aliphatic rings. The van der Waals surface area contributed by atoms with Crippen molar-refractivity contribution in [3.8, 4) is 5.75 Å². The van der Waals surface area contributed by atoms with Gasteiger partial charge in [-0.1, -0.05) is 31.9 Å². The molecule has 4 rings (SSSR count).